The van der Waals surface area contributed by atoms with Crippen molar-refractivity contribution in [3.8, 4) is 11.5 Å². The molecule has 0 saturated heterocycles. The first-order valence-electron chi connectivity index (χ1n) is 6.67. The maximum Gasteiger partial charge on any atom is 0.260 e. The van der Waals surface area contributed by atoms with Gasteiger partial charge < -0.3 is 14.7 Å². The Morgan fingerprint density at radius 2 is 2.00 bits per heavy atom. The third kappa shape index (κ3) is 3.59. The summed E-state index contributed by atoms with van der Waals surface area (Å²) in [5.74, 6) is 0.370. The second-order valence-electron chi connectivity index (χ2n) is 4.26. The van der Waals surface area contributed by atoms with E-state index in [0.29, 0.717) is 18.8 Å². The lowest BCUT2D eigenvalue weighted by molar-refractivity contribution is -0.699. The average Bonchev–Trinajstić information content (AvgIpc) is 2.40. The van der Waals surface area contributed by atoms with Crippen molar-refractivity contribution in [2.75, 3.05) is 19.7 Å². The van der Waals surface area contributed by atoms with E-state index in [1.165, 1.54) is 0 Å². The predicted molar refractivity (Wildman–Crippen MR) is 72.1 cm³/mol. The lowest BCUT2D eigenvalue weighted by Crippen LogP contribution is -2.37. The summed E-state index contributed by atoms with van der Waals surface area (Å²) in [4.78, 5) is 13.6. The van der Waals surface area contributed by atoms with Gasteiger partial charge in [-0.1, -0.05) is 0 Å². The predicted octanol–water partition coefficient (Wildman–Crippen LogP) is 1.26. The Balaban J connectivity index is 2.80. The van der Waals surface area contributed by atoms with E-state index in [2.05, 4.69) is 0 Å². The van der Waals surface area contributed by atoms with Gasteiger partial charge in [0, 0.05) is 26.1 Å². The van der Waals surface area contributed by atoms with Gasteiger partial charge in [-0.05, 0) is 20.8 Å². The van der Waals surface area contributed by atoms with Crippen LogP contribution in [0.25, 0.3) is 0 Å². The molecule has 0 aliphatic heterocycles. The van der Waals surface area contributed by atoms with Gasteiger partial charge in [0.25, 0.3) is 5.91 Å². The van der Waals surface area contributed by atoms with Crippen molar-refractivity contribution in [3.05, 3.63) is 18.0 Å². The molecule has 0 radical (unpaired) electrons. The Kier molecular flexibility index (Phi) is 5.60. The zero-order chi connectivity index (χ0) is 14.4. The minimum atomic E-state index is -0.0734. The zero-order valence-corrected chi connectivity index (χ0v) is 12.1. The first-order chi connectivity index (χ1) is 9.04. The van der Waals surface area contributed by atoms with Crippen LogP contribution in [0.15, 0.2) is 12.3 Å². The number of hydrogen-bond donors (Lipinski definition) is 1. The number of likely N-dealkylation sites (N-methyl/N-ethyl adjacent to an activating group) is 1. The molecule has 0 saturated carbocycles. The monoisotopic (exact) mass is 267 g/mol. The highest BCUT2D eigenvalue weighted by Gasteiger charge is 2.18. The fourth-order valence-electron chi connectivity index (χ4n) is 1.99. The number of nitrogens with zero attached hydrogens (tertiary/aromatic N) is 2. The third-order valence-electron chi connectivity index (χ3n) is 3.20. The molecule has 106 valence electrons. The van der Waals surface area contributed by atoms with E-state index in [1.807, 2.05) is 32.3 Å². The minimum Gasteiger partial charge on any atom is -0.504 e. The van der Waals surface area contributed by atoms with Crippen LogP contribution < -0.4 is 9.30 Å². The van der Waals surface area contributed by atoms with Crippen molar-refractivity contribution in [1.29, 1.82) is 0 Å². The summed E-state index contributed by atoms with van der Waals surface area (Å²) < 4.78 is 7.45. The molecular weight excluding hydrogens is 244 g/mol. The summed E-state index contributed by atoms with van der Waals surface area (Å²) in [7, 11) is 0. The summed E-state index contributed by atoms with van der Waals surface area (Å²) in [6.07, 6.45) is 1.80. The summed E-state index contributed by atoms with van der Waals surface area (Å²) in [6.45, 7) is 9.78. The molecule has 0 aliphatic rings. The lowest BCUT2D eigenvalue weighted by atomic mass is 10.3. The molecular formula is C14H23N2O3+. The third-order valence-corrected chi connectivity index (χ3v) is 3.20. The number of ether oxygens (including phenoxy) is 1. The van der Waals surface area contributed by atoms with E-state index < -0.39 is 0 Å². The maximum absolute atomic E-state index is 11.9. The molecule has 5 nitrogen and oxygen atoms in total. The quantitative estimate of drug-likeness (QED) is 0.789. The van der Waals surface area contributed by atoms with Crippen LogP contribution in [0.1, 0.15) is 26.5 Å². The molecule has 0 bridgehead atoms. The molecule has 1 amide bonds. The minimum absolute atomic E-state index is 0.0518. The highest BCUT2D eigenvalue weighted by molar-refractivity contribution is 5.77. The number of amides is 1. The van der Waals surface area contributed by atoms with Crippen LogP contribution >= 0.6 is 0 Å². The van der Waals surface area contributed by atoms with Gasteiger partial charge in [0.1, 0.15) is 6.54 Å². The number of hydrogen-bond acceptors (Lipinski definition) is 3. The van der Waals surface area contributed by atoms with Gasteiger partial charge in [-0.15, -0.1) is 0 Å². The summed E-state index contributed by atoms with van der Waals surface area (Å²) >= 11 is 0. The second-order valence-corrected chi connectivity index (χ2v) is 4.26. The molecule has 0 fully saturated rings. The molecule has 1 aromatic heterocycles. The average molecular weight is 267 g/mol. The standard InChI is InChI=1S/C14H22N2O3/c1-5-15(6-2)13(18)10-19-14-11(4)16(7-3)9-8-12(14)17/h8-9H,5-7,10H2,1-4H3/p+1. The summed E-state index contributed by atoms with van der Waals surface area (Å²) in [5, 5.41) is 9.81. The Bertz CT molecular complexity index is 443. The van der Waals surface area contributed by atoms with Gasteiger partial charge in [-0.3, -0.25) is 4.79 Å². The molecule has 1 aromatic rings. The fraction of sp³-hybridized carbons (Fsp3) is 0.571. The van der Waals surface area contributed by atoms with E-state index in [9.17, 15) is 9.90 Å². The van der Waals surface area contributed by atoms with Gasteiger partial charge in [0.2, 0.25) is 11.4 Å². The lowest BCUT2D eigenvalue weighted by Gasteiger charge is -2.18. The van der Waals surface area contributed by atoms with Crippen molar-refractivity contribution in [1.82, 2.24) is 4.90 Å². The molecule has 0 spiro atoms. The zero-order valence-electron chi connectivity index (χ0n) is 12.1. The van der Waals surface area contributed by atoms with E-state index in [0.717, 1.165) is 12.2 Å². The fourth-order valence-corrected chi connectivity index (χ4v) is 1.99. The first kappa shape index (κ1) is 15.3. The molecule has 19 heavy (non-hydrogen) atoms. The molecule has 1 heterocycles. The molecule has 5 heteroatoms. The number of rotatable bonds is 6. The van der Waals surface area contributed by atoms with Crippen LogP contribution in [0.4, 0.5) is 0 Å². The highest BCUT2D eigenvalue weighted by Crippen LogP contribution is 2.26. The van der Waals surface area contributed by atoms with Crippen molar-refractivity contribution < 1.29 is 19.2 Å². The van der Waals surface area contributed by atoms with Crippen LogP contribution in [0.3, 0.4) is 0 Å². The van der Waals surface area contributed by atoms with Crippen molar-refractivity contribution in [2.24, 2.45) is 0 Å². The number of aromatic nitrogens is 1. The SMILES string of the molecule is CCN(CC)C(=O)COc1c(O)cc[n+](CC)c1C. The van der Waals surface area contributed by atoms with Crippen LogP contribution in [-0.4, -0.2) is 35.6 Å². The van der Waals surface area contributed by atoms with Gasteiger partial charge >= 0.3 is 0 Å². The normalized spacial score (nSPS) is 10.3. The molecule has 0 unspecified atom stereocenters. The van der Waals surface area contributed by atoms with Crippen molar-refractivity contribution in [3.63, 3.8) is 0 Å². The second kappa shape index (κ2) is 6.97. The van der Waals surface area contributed by atoms with Gasteiger partial charge in [-0.25, -0.2) is 0 Å². The summed E-state index contributed by atoms with van der Waals surface area (Å²) in [6, 6.07) is 1.58. The van der Waals surface area contributed by atoms with Gasteiger partial charge in [0.05, 0.1) is 0 Å². The molecule has 1 rings (SSSR count). The smallest absolute Gasteiger partial charge is 0.260 e. The number of aryl methyl sites for hydroxylation is 1. The van der Waals surface area contributed by atoms with E-state index in [-0.39, 0.29) is 18.3 Å². The van der Waals surface area contributed by atoms with Crippen molar-refractivity contribution >= 4 is 5.91 Å². The largest absolute Gasteiger partial charge is 0.504 e. The van der Waals surface area contributed by atoms with Crippen LogP contribution in [0.5, 0.6) is 11.5 Å². The van der Waals surface area contributed by atoms with E-state index in [4.69, 9.17) is 4.74 Å². The molecule has 0 aromatic carbocycles. The van der Waals surface area contributed by atoms with Crippen LogP contribution in [-0.2, 0) is 11.3 Å². The van der Waals surface area contributed by atoms with Crippen molar-refractivity contribution in [2.45, 2.75) is 34.2 Å². The first-order valence-corrected chi connectivity index (χ1v) is 6.67. The Labute approximate surface area is 114 Å². The van der Waals surface area contributed by atoms with E-state index >= 15 is 0 Å². The number of aromatic hydroxyl groups is 1. The van der Waals surface area contributed by atoms with E-state index in [1.54, 1.807) is 17.2 Å². The van der Waals surface area contributed by atoms with Crippen LogP contribution in [0.2, 0.25) is 0 Å². The van der Waals surface area contributed by atoms with Gasteiger partial charge in [-0.2, -0.15) is 4.57 Å². The number of carbonyl (C=O) groups excluding carboxylic acids is 1. The topological polar surface area (TPSA) is 53.7 Å². The Morgan fingerprint density at radius 3 is 2.53 bits per heavy atom. The molecule has 0 aliphatic carbocycles. The summed E-state index contributed by atoms with van der Waals surface area (Å²) in [5.41, 5.74) is 0.815. The highest BCUT2D eigenvalue weighted by atomic mass is 16.5. The Hall–Kier alpha value is -1.78. The number of pyridine rings is 1. The molecule has 1 N–H and O–H groups in total. The van der Waals surface area contributed by atoms with Crippen LogP contribution in [0, 0.1) is 6.92 Å². The van der Waals surface area contributed by atoms with Gasteiger partial charge in [0.15, 0.2) is 18.6 Å². The number of carbonyl (C=O) groups is 1. The maximum atomic E-state index is 11.9. The molecule has 0 atom stereocenters. The Morgan fingerprint density at radius 1 is 1.37 bits per heavy atom.